The Morgan fingerprint density at radius 3 is 1.25 bits per heavy atom. The quantitative estimate of drug-likeness (QED) is 0.428. The van der Waals surface area contributed by atoms with Crippen LogP contribution in [0.5, 0.6) is 0 Å². The van der Waals surface area contributed by atoms with Gasteiger partial charge in [-0.05, 0) is 0 Å². The summed E-state index contributed by atoms with van der Waals surface area (Å²) >= 11 is 2.00. The van der Waals surface area contributed by atoms with Crippen molar-refractivity contribution in [3.63, 3.8) is 0 Å². The molecular formula is H3BiFeGdO. The van der Waals surface area contributed by atoms with Crippen molar-refractivity contribution in [2.45, 2.75) is 0 Å². The molecule has 0 spiro atoms. The average molecular weight is 441 g/mol. The van der Waals surface area contributed by atoms with Crippen LogP contribution in [0.1, 0.15) is 0 Å². The summed E-state index contributed by atoms with van der Waals surface area (Å²) < 4.78 is 8.00. The summed E-state index contributed by atoms with van der Waals surface area (Å²) in [5.41, 5.74) is 0. The summed E-state index contributed by atoms with van der Waals surface area (Å²) in [6.07, 6.45) is 0. The molecular weight excluding hydrogens is 438 g/mol. The van der Waals surface area contributed by atoms with Crippen LogP contribution in [0.25, 0.3) is 0 Å². The molecule has 0 aliphatic rings. The molecule has 0 amide bonds. The van der Waals surface area contributed by atoms with E-state index in [4.69, 9.17) is 3.83 Å². The van der Waals surface area contributed by atoms with Crippen molar-refractivity contribution in [3.8, 4) is 0 Å². The van der Waals surface area contributed by atoms with E-state index in [1.54, 1.807) is 0 Å². The van der Waals surface area contributed by atoms with Gasteiger partial charge in [-0.3, -0.25) is 0 Å². The standard InChI is InChI=1S/Bi.Fe.Gd.O.3H. The fourth-order valence-corrected chi connectivity index (χ4v) is 0. The number of rotatable bonds is 0. The van der Waals surface area contributed by atoms with Gasteiger partial charge in [-0.1, -0.05) is 0 Å². The Bertz CT molecular complexity index is 8.00. The Morgan fingerprint density at radius 1 is 1.25 bits per heavy atom. The third-order valence-corrected chi connectivity index (χ3v) is 0. The van der Waals surface area contributed by atoms with E-state index in [-0.39, 0.29) is 66.1 Å². The zero-order chi connectivity index (χ0) is 2.00. The Morgan fingerprint density at radius 2 is 1.25 bits per heavy atom. The zero-order valence-electron chi connectivity index (χ0n) is 1.82. The van der Waals surface area contributed by atoms with Crippen LogP contribution in [0.3, 0.4) is 0 Å². The Hall–Kier alpha value is 2.53. The molecule has 0 unspecified atom stereocenters. The molecule has 0 saturated heterocycles. The molecule has 1 nitrogen and oxygen atoms in total. The van der Waals surface area contributed by atoms with Gasteiger partial charge in [0.2, 0.25) is 0 Å². The predicted molar refractivity (Wildman–Crippen MR) is 10.6 cm³/mol. The second kappa shape index (κ2) is 17.7. The van der Waals surface area contributed by atoms with E-state index in [0.29, 0.717) is 0 Å². The molecule has 30 valence electrons. The number of hydrogen-bond donors (Lipinski definition) is 0. The molecule has 0 aromatic rings. The van der Waals surface area contributed by atoms with Gasteiger partial charge < -0.3 is 0 Å². The first-order valence-electron chi connectivity index (χ1n) is 0.144. The van der Waals surface area contributed by atoms with Gasteiger partial charge in [-0.15, -0.1) is 0 Å². The van der Waals surface area contributed by atoms with Crippen molar-refractivity contribution in [1.29, 1.82) is 0 Å². The van der Waals surface area contributed by atoms with Crippen LogP contribution in [-0.4, -0.2) is 26.2 Å². The Balaban J connectivity index is -0.00000000500. The van der Waals surface area contributed by atoms with Crippen LogP contribution in [-0.2, 0) is 19.8 Å². The van der Waals surface area contributed by atoms with Crippen LogP contribution in [0.4, 0.5) is 0 Å². The fraction of sp³-hybridized carbons (Fsp3) is 0. The summed E-state index contributed by atoms with van der Waals surface area (Å²) in [6.45, 7) is 0. The van der Waals surface area contributed by atoms with Gasteiger partial charge in [0.05, 0.1) is 0 Å². The van der Waals surface area contributed by atoms with Crippen LogP contribution in [0, 0.1) is 39.9 Å². The normalized spacial score (nSPS) is 1.25. The summed E-state index contributed by atoms with van der Waals surface area (Å²) in [5.74, 6) is 0. The van der Waals surface area contributed by atoms with Gasteiger partial charge in [0, 0.05) is 39.9 Å². The maximum atomic E-state index is 8.00. The molecule has 0 aliphatic carbocycles. The van der Waals surface area contributed by atoms with Crippen molar-refractivity contribution in [2.75, 3.05) is 0 Å². The molecule has 4 heteroatoms. The van der Waals surface area contributed by atoms with Crippen molar-refractivity contribution in [3.05, 3.63) is 0 Å². The predicted octanol–water partition coefficient (Wildman–Crippen LogP) is -1.31. The van der Waals surface area contributed by atoms with E-state index in [0.717, 1.165) is 0 Å². The summed E-state index contributed by atoms with van der Waals surface area (Å²) in [7, 11) is 0. The average Bonchev–Trinajstić information content (AvgIpc) is 1.00. The van der Waals surface area contributed by atoms with Crippen molar-refractivity contribution < 1.29 is 59.7 Å². The first-order valence-corrected chi connectivity index (χ1v) is 0.595. The molecule has 0 aromatic carbocycles. The third-order valence-electron chi connectivity index (χ3n) is 0. The maximum absolute atomic E-state index is 8.00. The first-order chi connectivity index (χ1) is 1.00. The van der Waals surface area contributed by atoms with Gasteiger partial charge >= 0.3 is 46.0 Å². The minimum absolute atomic E-state index is 0. The summed E-state index contributed by atoms with van der Waals surface area (Å²) in [6, 6.07) is 0. The van der Waals surface area contributed by atoms with E-state index < -0.39 is 0 Å². The zero-order valence-corrected chi connectivity index (χ0v) is 10.7. The molecule has 0 bridgehead atoms. The molecule has 0 fully saturated rings. The van der Waals surface area contributed by atoms with Gasteiger partial charge in [-0.25, -0.2) is 0 Å². The van der Waals surface area contributed by atoms with Crippen LogP contribution >= 0.6 is 0 Å². The summed E-state index contributed by atoms with van der Waals surface area (Å²) in [5, 5.41) is 0. The van der Waals surface area contributed by atoms with Gasteiger partial charge in [0.1, 0.15) is 0 Å². The van der Waals surface area contributed by atoms with Gasteiger partial charge in [0.25, 0.3) is 0 Å². The molecule has 0 atom stereocenters. The third kappa shape index (κ3) is 8.82. The van der Waals surface area contributed by atoms with Crippen molar-refractivity contribution in [1.82, 2.24) is 0 Å². The van der Waals surface area contributed by atoms with E-state index in [9.17, 15) is 0 Å². The summed E-state index contributed by atoms with van der Waals surface area (Å²) in [4.78, 5) is 0. The SMILES string of the molecule is [BiH3].[Gd].[O]=[Fe]. The van der Waals surface area contributed by atoms with E-state index >= 15 is 0 Å². The van der Waals surface area contributed by atoms with Gasteiger partial charge in [0.15, 0.2) is 0 Å². The molecule has 0 radical (unpaired) electrons. The first kappa shape index (κ1) is 16.0. The molecule has 0 N–H and O–H groups in total. The van der Waals surface area contributed by atoms with E-state index in [1.165, 1.54) is 0 Å². The molecule has 4 heavy (non-hydrogen) atoms. The van der Waals surface area contributed by atoms with Crippen LogP contribution in [0.15, 0.2) is 0 Å². The molecule has 0 saturated carbocycles. The minimum atomic E-state index is 0. The van der Waals surface area contributed by atoms with Crippen LogP contribution < -0.4 is 0 Å². The second-order valence-corrected chi connectivity index (χ2v) is 0. The molecule has 0 aromatic heterocycles. The topological polar surface area (TPSA) is 17.1 Å². The molecule has 0 heterocycles. The van der Waals surface area contributed by atoms with Crippen LogP contribution in [0.2, 0.25) is 0 Å². The molecule has 0 aliphatic heterocycles. The van der Waals surface area contributed by atoms with Crippen molar-refractivity contribution in [2.24, 2.45) is 0 Å². The number of hydrogen-bond acceptors (Lipinski definition) is 1. The second-order valence-electron chi connectivity index (χ2n) is 0. The van der Waals surface area contributed by atoms with Gasteiger partial charge in [-0.2, -0.15) is 0 Å². The molecule has 0 rings (SSSR count). The van der Waals surface area contributed by atoms with E-state index in [1.807, 2.05) is 15.9 Å². The monoisotopic (exact) mass is 442 g/mol. The van der Waals surface area contributed by atoms with E-state index in [2.05, 4.69) is 0 Å². The Labute approximate surface area is 84.1 Å². The Kier molecular flexibility index (Phi) is 71.1. The van der Waals surface area contributed by atoms with Crippen molar-refractivity contribution >= 4 is 26.2 Å². The fourth-order valence-electron chi connectivity index (χ4n) is 0.